The van der Waals surface area contributed by atoms with E-state index < -0.39 is 0 Å². The van der Waals surface area contributed by atoms with Gasteiger partial charge in [-0.3, -0.25) is 9.59 Å². The van der Waals surface area contributed by atoms with Gasteiger partial charge in [0.1, 0.15) is 0 Å². The molecule has 16 heavy (non-hydrogen) atoms. The molecule has 2 amide bonds. The van der Waals surface area contributed by atoms with Crippen molar-refractivity contribution in [2.45, 2.75) is 38.1 Å². The van der Waals surface area contributed by atoms with Crippen LogP contribution < -0.4 is 10.6 Å². The monoisotopic (exact) mass is 222 g/mol. The van der Waals surface area contributed by atoms with Crippen LogP contribution in [0, 0.1) is 17.8 Å². The smallest absolute Gasteiger partial charge is 0.223 e. The van der Waals surface area contributed by atoms with Gasteiger partial charge in [0.15, 0.2) is 0 Å². The lowest BCUT2D eigenvalue weighted by Gasteiger charge is -2.23. The molecule has 2 aliphatic carbocycles. The van der Waals surface area contributed by atoms with E-state index in [0.29, 0.717) is 30.7 Å². The van der Waals surface area contributed by atoms with Crippen LogP contribution in [0.2, 0.25) is 0 Å². The first-order valence-electron chi connectivity index (χ1n) is 6.33. The summed E-state index contributed by atoms with van der Waals surface area (Å²) in [5, 5.41) is 5.87. The van der Waals surface area contributed by atoms with Crippen molar-refractivity contribution in [3.05, 3.63) is 0 Å². The maximum atomic E-state index is 11.9. The molecule has 3 atom stereocenters. The molecule has 3 rings (SSSR count). The molecule has 3 unspecified atom stereocenters. The van der Waals surface area contributed by atoms with Gasteiger partial charge >= 0.3 is 0 Å². The Hall–Kier alpha value is -1.06. The van der Waals surface area contributed by atoms with Gasteiger partial charge in [-0.2, -0.15) is 0 Å². The second-order valence-corrected chi connectivity index (χ2v) is 5.33. The summed E-state index contributed by atoms with van der Waals surface area (Å²) in [7, 11) is 0. The van der Waals surface area contributed by atoms with Crippen molar-refractivity contribution in [2.24, 2.45) is 17.8 Å². The van der Waals surface area contributed by atoms with E-state index in [1.54, 1.807) is 0 Å². The minimum Gasteiger partial charge on any atom is -0.354 e. The fourth-order valence-electron chi connectivity index (χ4n) is 3.36. The molecule has 0 aromatic carbocycles. The third kappa shape index (κ3) is 1.70. The minimum absolute atomic E-state index is 0.105. The first-order valence-corrected chi connectivity index (χ1v) is 6.33. The molecule has 4 heteroatoms. The molecule has 3 aliphatic rings. The van der Waals surface area contributed by atoms with Crippen LogP contribution >= 0.6 is 0 Å². The van der Waals surface area contributed by atoms with Crippen molar-refractivity contribution in [1.29, 1.82) is 0 Å². The van der Waals surface area contributed by atoms with Crippen LogP contribution in [-0.4, -0.2) is 24.4 Å². The number of piperidine rings is 1. The summed E-state index contributed by atoms with van der Waals surface area (Å²) in [5.41, 5.74) is 0. The molecule has 2 saturated carbocycles. The van der Waals surface area contributed by atoms with E-state index in [1.165, 1.54) is 19.3 Å². The Morgan fingerprint density at radius 3 is 2.62 bits per heavy atom. The molecule has 4 nitrogen and oxygen atoms in total. The first-order chi connectivity index (χ1) is 7.75. The van der Waals surface area contributed by atoms with Gasteiger partial charge in [0.25, 0.3) is 0 Å². The van der Waals surface area contributed by atoms with Crippen molar-refractivity contribution >= 4 is 11.8 Å². The average Bonchev–Trinajstić information content (AvgIpc) is 2.76. The fourth-order valence-corrected chi connectivity index (χ4v) is 3.36. The molecular formula is C12H18N2O2. The molecule has 1 saturated heterocycles. The summed E-state index contributed by atoms with van der Waals surface area (Å²) in [6, 6.07) is 0.159. The zero-order valence-electron chi connectivity index (χ0n) is 9.37. The van der Waals surface area contributed by atoms with E-state index in [2.05, 4.69) is 10.6 Å². The molecule has 0 bridgehead atoms. The largest absolute Gasteiger partial charge is 0.354 e. The lowest BCUT2D eigenvalue weighted by Crippen LogP contribution is -2.48. The molecule has 0 spiro atoms. The Labute approximate surface area is 95.2 Å². The van der Waals surface area contributed by atoms with Gasteiger partial charge in [-0.15, -0.1) is 0 Å². The average molecular weight is 222 g/mol. The van der Waals surface area contributed by atoms with Crippen molar-refractivity contribution in [1.82, 2.24) is 10.6 Å². The standard InChI is InChI=1S/C12H18N2O2/c15-10-5-4-7(6-13-10)14-12(16)11-8-2-1-3-9(8)11/h7-9,11H,1-6H2,(H,13,15)(H,14,16). The Bertz CT molecular complexity index is 309. The number of rotatable bonds is 2. The van der Waals surface area contributed by atoms with Crippen LogP contribution in [0.3, 0.4) is 0 Å². The quantitative estimate of drug-likeness (QED) is 0.711. The van der Waals surface area contributed by atoms with Gasteiger partial charge in [0, 0.05) is 24.9 Å². The van der Waals surface area contributed by atoms with Crippen molar-refractivity contribution in [3.63, 3.8) is 0 Å². The molecule has 2 N–H and O–H groups in total. The maximum Gasteiger partial charge on any atom is 0.223 e. The molecule has 88 valence electrons. The molecule has 0 aromatic heterocycles. The Morgan fingerprint density at radius 1 is 1.25 bits per heavy atom. The highest BCUT2D eigenvalue weighted by Gasteiger charge is 2.56. The van der Waals surface area contributed by atoms with Gasteiger partial charge in [-0.05, 0) is 31.1 Å². The first kappa shape index (κ1) is 10.1. The number of carbonyl (C=O) groups is 2. The van der Waals surface area contributed by atoms with E-state index in [1.807, 2.05) is 0 Å². The van der Waals surface area contributed by atoms with Crippen molar-refractivity contribution < 1.29 is 9.59 Å². The van der Waals surface area contributed by atoms with Crippen LogP contribution in [0.25, 0.3) is 0 Å². The van der Waals surface area contributed by atoms with Gasteiger partial charge < -0.3 is 10.6 Å². The third-order valence-corrected chi connectivity index (χ3v) is 4.32. The summed E-state index contributed by atoms with van der Waals surface area (Å²) in [6.07, 6.45) is 5.12. The van der Waals surface area contributed by atoms with Gasteiger partial charge in [-0.1, -0.05) is 6.42 Å². The SMILES string of the molecule is O=C1CCC(NC(=O)C2C3CCCC32)CN1. The second kappa shape index (κ2) is 3.75. The van der Waals surface area contributed by atoms with Crippen LogP contribution in [0.1, 0.15) is 32.1 Å². The lowest BCUT2D eigenvalue weighted by atomic mass is 10.1. The van der Waals surface area contributed by atoms with E-state index in [4.69, 9.17) is 0 Å². The number of nitrogens with one attached hydrogen (secondary N) is 2. The number of fused-ring (bicyclic) bond motifs is 1. The normalized spacial score (nSPS) is 41.1. The minimum atomic E-state index is 0.105. The highest BCUT2D eigenvalue weighted by atomic mass is 16.2. The zero-order valence-corrected chi connectivity index (χ0v) is 9.37. The van der Waals surface area contributed by atoms with E-state index >= 15 is 0 Å². The highest BCUT2D eigenvalue weighted by molar-refractivity contribution is 5.83. The van der Waals surface area contributed by atoms with Crippen molar-refractivity contribution in [2.75, 3.05) is 6.54 Å². The fraction of sp³-hybridized carbons (Fsp3) is 0.833. The van der Waals surface area contributed by atoms with Gasteiger partial charge in [-0.25, -0.2) is 0 Å². The molecule has 1 aliphatic heterocycles. The number of carbonyl (C=O) groups excluding carboxylic acids is 2. The Balaban J connectivity index is 1.48. The topological polar surface area (TPSA) is 58.2 Å². The van der Waals surface area contributed by atoms with Crippen LogP contribution in [0.5, 0.6) is 0 Å². The van der Waals surface area contributed by atoms with Crippen LogP contribution in [0.15, 0.2) is 0 Å². The second-order valence-electron chi connectivity index (χ2n) is 5.33. The molecule has 3 fully saturated rings. The third-order valence-electron chi connectivity index (χ3n) is 4.32. The molecular weight excluding hydrogens is 204 g/mol. The predicted molar refractivity (Wildman–Crippen MR) is 58.5 cm³/mol. The van der Waals surface area contributed by atoms with Crippen LogP contribution in [0.4, 0.5) is 0 Å². The zero-order chi connectivity index (χ0) is 11.1. The number of hydrogen-bond donors (Lipinski definition) is 2. The predicted octanol–water partition coefficient (Wildman–Crippen LogP) is 0.427. The molecule has 1 heterocycles. The number of hydrogen-bond acceptors (Lipinski definition) is 2. The molecule has 0 aromatic rings. The molecule has 0 radical (unpaired) electrons. The summed E-state index contributed by atoms with van der Waals surface area (Å²) in [6.45, 7) is 0.604. The summed E-state index contributed by atoms with van der Waals surface area (Å²) in [4.78, 5) is 22.9. The van der Waals surface area contributed by atoms with Gasteiger partial charge in [0.05, 0.1) is 0 Å². The van der Waals surface area contributed by atoms with E-state index in [9.17, 15) is 9.59 Å². The number of amides is 2. The van der Waals surface area contributed by atoms with Crippen molar-refractivity contribution in [3.8, 4) is 0 Å². The lowest BCUT2D eigenvalue weighted by molar-refractivity contribution is -0.126. The highest BCUT2D eigenvalue weighted by Crippen LogP contribution is 2.57. The van der Waals surface area contributed by atoms with Gasteiger partial charge in [0.2, 0.25) is 11.8 Å². The maximum absolute atomic E-state index is 11.9. The Kier molecular flexibility index (Phi) is 2.37. The summed E-state index contributed by atoms with van der Waals surface area (Å²) >= 11 is 0. The van der Waals surface area contributed by atoms with E-state index in [-0.39, 0.29) is 17.9 Å². The van der Waals surface area contributed by atoms with E-state index in [0.717, 1.165) is 6.42 Å². The summed E-state index contributed by atoms with van der Waals surface area (Å²) < 4.78 is 0. The van der Waals surface area contributed by atoms with Crippen LogP contribution in [-0.2, 0) is 9.59 Å². The Morgan fingerprint density at radius 2 is 2.00 bits per heavy atom. The summed E-state index contributed by atoms with van der Waals surface area (Å²) in [5.74, 6) is 1.99.